The van der Waals surface area contributed by atoms with Crippen LogP contribution in [0.1, 0.15) is 134 Å². The van der Waals surface area contributed by atoms with Gasteiger partial charge in [0.05, 0.1) is 49.0 Å². The van der Waals surface area contributed by atoms with Gasteiger partial charge in [-0.15, -0.1) is 0 Å². The minimum Gasteiger partial charge on any atom is -0.550 e. The molecular weight excluding hydrogens is 743 g/mol. The Morgan fingerprint density at radius 3 is 2.25 bits per heavy atom. The molecule has 11 nitrogen and oxygen atoms in total. The first-order valence-electron chi connectivity index (χ1n) is 21.5. The normalized spacial score (nSPS) is 21.1. The molecule has 0 spiro atoms. The summed E-state index contributed by atoms with van der Waals surface area (Å²) < 4.78 is 0. The number of carboxylic acids is 2. The van der Waals surface area contributed by atoms with Crippen molar-refractivity contribution in [3.05, 3.63) is 93.8 Å². The van der Waals surface area contributed by atoms with Gasteiger partial charge in [-0.25, -0.2) is 9.79 Å². The number of piperidine rings is 1. The molecule has 0 bridgehead atoms. The van der Waals surface area contributed by atoms with Gasteiger partial charge in [0.2, 0.25) is 0 Å². The van der Waals surface area contributed by atoms with Gasteiger partial charge >= 0.3 is 5.97 Å². The molecule has 1 amide bonds. The molecule has 0 saturated carbocycles. The van der Waals surface area contributed by atoms with E-state index < -0.39 is 17.4 Å². The van der Waals surface area contributed by atoms with E-state index >= 15 is 0 Å². The number of quaternary nitrogens is 1. The number of pyridine rings is 1. The summed E-state index contributed by atoms with van der Waals surface area (Å²) in [5.41, 5.74) is 7.24. The van der Waals surface area contributed by atoms with Gasteiger partial charge in [0.15, 0.2) is 5.78 Å². The summed E-state index contributed by atoms with van der Waals surface area (Å²) in [6, 6.07) is 17.1. The van der Waals surface area contributed by atoms with Crippen molar-refractivity contribution in [3.8, 4) is 0 Å². The van der Waals surface area contributed by atoms with Crippen LogP contribution in [-0.4, -0.2) is 84.1 Å². The maximum atomic E-state index is 14.0. The highest BCUT2D eigenvalue weighted by atomic mass is 16.4. The van der Waals surface area contributed by atoms with Crippen molar-refractivity contribution in [2.45, 2.75) is 105 Å². The summed E-state index contributed by atoms with van der Waals surface area (Å²) >= 11 is 0. The Balaban J connectivity index is 0.000000768. The molecular formula is C48H63N5O6. The van der Waals surface area contributed by atoms with E-state index in [0.717, 1.165) is 93.0 Å². The van der Waals surface area contributed by atoms with Crippen LogP contribution < -0.4 is 15.3 Å². The van der Waals surface area contributed by atoms with E-state index in [-0.39, 0.29) is 23.1 Å². The number of likely N-dealkylation sites (tertiary alicyclic amines) is 2. The van der Waals surface area contributed by atoms with Gasteiger partial charge in [-0.3, -0.25) is 14.6 Å². The van der Waals surface area contributed by atoms with Crippen molar-refractivity contribution in [3.63, 3.8) is 0 Å². The molecule has 0 radical (unpaired) electrons. The molecule has 2 fully saturated rings. The van der Waals surface area contributed by atoms with E-state index in [0.29, 0.717) is 53.9 Å². The SMILES string of the molecule is CC(C)(C)C(=O)[O-].C[NH+]1CC(CC(=O)c2cccc([C@@H](CCN3CCC(c4cccc(C(=O)O)c4)CC3)NC(=O)C3=Nc4cc5c(nc4C3)CC[C@H](C(C)(C)C)C5)c2)C1. The van der Waals surface area contributed by atoms with E-state index in [4.69, 9.17) is 9.98 Å². The number of amides is 1. The number of benzene rings is 2. The lowest BCUT2D eigenvalue weighted by Gasteiger charge is -2.34. The predicted octanol–water partition coefficient (Wildman–Crippen LogP) is 5.19. The molecule has 1 aromatic heterocycles. The van der Waals surface area contributed by atoms with Crippen LogP contribution in [0, 0.1) is 22.7 Å². The lowest BCUT2D eigenvalue weighted by atomic mass is 9.71. The van der Waals surface area contributed by atoms with Crippen molar-refractivity contribution in [1.29, 1.82) is 0 Å². The number of carbonyl (C=O) groups excluding carboxylic acids is 3. The van der Waals surface area contributed by atoms with Gasteiger partial charge in [0, 0.05) is 42.0 Å². The molecule has 7 rings (SSSR count). The minimum atomic E-state index is -1.01. The number of hydrogen-bond acceptors (Lipinski definition) is 8. The van der Waals surface area contributed by atoms with Crippen LogP contribution in [0.4, 0.5) is 5.69 Å². The van der Waals surface area contributed by atoms with Gasteiger partial charge < -0.3 is 30.1 Å². The number of nitrogens with one attached hydrogen (secondary N) is 2. The van der Waals surface area contributed by atoms with Gasteiger partial charge in [-0.05, 0) is 110 Å². The molecule has 0 unspecified atom stereocenters. The number of aryl methyl sites for hydroxylation is 1. The topological polar surface area (TPSA) is 157 Å². The fourth-order valence-electron chi connectivity index (χ4n) is 8.81. The Labute approximate surface area is 349 Å². The van der Waals surface area contributed by atoms with Crippen molar-refractivity contribution in [2.24, 2.45) is 27.7 Å². The number of hydrogen-bond donors (Lipinski definition) is 3. The maximum Gasteiger partial charge on any atom is 0.335 e. The largest absolute Gasteiger partial charge is 0.550 e. The molecule has 3 N–H and O–H groups in total. The van der Waals surface area contributed by atoms with Crippen LogP contribution >= 0.6 is 0 Å². The highest BCUT2D eigenvalue weighted by Gasteiger charge is 2.33. The predicted molar refractivity (Wildman–Crippen MR) is 227 cm³/mol. The van der Waals surface area contributed by atoms with Gasteiger partial charge in [0.25, 0.3) is 5.91 Å². The van der Waals surface area contributed by atoms with Crippen LogP contribution in [0.5, 0.6) is 0 Å². The third-order valence-corrected chi connectivity index (χ3v) is 12.7. The number of fused-ring (bicyclic) bond motifs is 2. The summed E-state index contributed by atoms with van der Waals surface area (Å²) in [7, 11) is 2.16. The van der Waals surface area contributed by atoms with E-state index in [1.165, 1.54) is 10.5 Å². The number of rotatable bonds is 11. The molecule has 4 aliphatic rings. The Bertz CT molecular complexity index is 2070. The molecule has 11 heteroatoms. The molecule has 316 valence electrons. The van der Waals surface area contributed by atoms with Crippen LogP contribution in [0.25, 0.3) is 0 Å². The fraction of sp³-hybridized carbons (Fsp3) is 0.542. The minimum absolute atomic E-state index is 0.165. The van der Waals surface area contributed by atoms with Crippen LogP contribution in [-0.2, 0) is 28.9 Å². The average Bonchev–Trinajstić information content (AvgIpc) is 3.60. The summed E-state index contributed by atoms with van der Waals surface area (Å²) in [6.45, 7) is 16.4. The second-order valence-corrected chi connectivity index (χ2v) is 19.5. The summed E-state index contributed by atoms with van der Waals surface area (Å²) in [6.07, 6.45) is 6.68. The van der Waals surface area contributed by atoms with Crippen molar-refractivity contribution < 1.29 is 34.3 Å². The van der Waals surface area contributed by atoms with Crippen molar-refractivity contribution >= 4 is 35.0 Å². The Morgan fingerprint density at radius 2 is 1.61 bits per heavy atom. The van der Waals surface area contributed by atoms with Crippen molar-refractivity contribution in [2.75, 3.05) is 39.8 Å². The zero-order valence-electron chi connectivity index (χ0n) is 36.0. The number of aliphatic imine (C=N–C) groups is 1. The zero-order valence-corrected chi connectivity index (χ0v) is 36.0. The third-order valence-electron chi connectivity index (χ3n) is 12.7. The first-order valence-corrected chi connectivity index (χ1v) is 21.5. The quantitative estimate of drug-likeness (QED) is 0.224. The Kier molecular flexibility index (Phi) is 13.6. The Morgan fingerprint density at radius 1 is 0.932 bits per heavy atom. The van der Waals surface area contributed by atoms with Crippen LogP contribution in [0.15, 0.2) is 59.6 Å². The number of carbonyl (C=O) groups is 4. The van der Waals surface area contributed by atoms with Gasteiger partial charge in [0.1, 0.15) is 5.71 Å². The van der Waals surface area contributed by atoms with E-state index in [9.17, 15) is 29.4 Å². The number of Topliss-reactive ketones (excluding diaryl/α,β-unsaturated/α-hetero) is 1. The number of carboxylic acid groups (broad SMARTS) is 2. The number of aliphatic carboxylic acids is 1. The highest BCUT2D eigenvalue weighted by molar-refractivity contribution is 6.40. The second kappa shape index (κ2) is 18.3. The monoisotopic (exact) mass is 805 g/mol. The third kappa shape index (κ3) is 11.3. The lowest BCUT2D eigenvalue weighted by molar-refractivity contribution is -0.931. The molecule has 2 atom stereocenters. The molecule has 3 aromatic rings. The number of aromatic carboxylic acids is 1. The molecule has 4 heterocycles. The van der Waals surface area contributed by atoms with Crippen LogP contribution in [0.2, 0.25) is 0 Å². The average molecular weight is 806 g/mol. The molecule has 59 heavy (non-hydrogen) atoms. The molecule has 3 aliphatic heterocycles. The lowest BCUT2D eigenvalue weighted by Crippen LogP contribution is -3.17. The standard InChI is InChI=1S/C43H53N5O4.C5H10O2/c1-43(2,3)34-11-12-35-33(22-34)23-37-38(44-35)24-39(45-37)41(50)46-36(30-8-6-9-31(21-30)40(49)19-27-25-47(4)26-27)15-18-48-16-13-28(14-17-48)29-7-5-10-32(20-29)42(51)52;1-5(2,3)4(6)7/h5-10,20-21,23,27-28,34,36H,11-19,22,24-26H2,1-4H3,(H,46,50)(H,51,52);1-3H3,(H,6,7)/t34-,36+;/m0./s1. The second-order valence-electron chi connectivity index (χ2n) is 19.5. The molecule has 1 aliphatic carbocycles. The summed E-state index contributed by atoms with van der Waals surface area (Å²) in [5, 5.41) is 22.7. The van der Waals surface area contributed by atoms with Crippen molar-refractivity contribution in [1.82, 2.24) is 15.2 Å². The molecule has 2 saturated heterocycles. The van der Waals surface area contributed by atoms with Gasteiger partial charge in [-0.1, -0.05) is 71.9 Å². The highest BCUT2D eigenvalue weighted by Crippen LogP contribution is 2.39. The smallest absolute Gasteiger partial charge is 0.335 e. The van der Waals surface area contributed by atoms with Gasteiger partial charge in [-0.2, -0.15) is 0 Å². The first kappa shape index (κ1) is 43.8. The van der Waals surface area contributed by atoms with E-state index in [2.05, 4.69) is 44.1 Å². The fourth-order valence-corrected chi connectivity index (χ4v) is 8.81. The number of ketones is 1. The number of nitrogens with zero attached hydrogens (tertiary/aromatic N) is 3. The Hall–Kier alpha value is -4.74. The molecule has 2 aromatic carbocycles. The van der Waals surface area contributed by atoms with E-state index in [1.54, 1.807) is 26.8 Å². The summed E-state index contributed by atoms with van der Waals surface area (Å²) in [5.74, 6) is -0.560. The maximum absolute atomic E-state index is 14.0. The van der Waals surface area contributed by atoms with E-state index in [1.807, 2.05) is 42.5 Å². The zero-order chi connectivity index (χ0) is 42.6. The van der Waals surface area contributed by atoms with Crippen LogP contribution in [0.3, 0.4) is 0 Å². The summed E-state index contributed by atoms with van der Waals surface area (Å²) in [4.78, 5) is 62.5. The first-order chi connectivity index (χ1) is 27.8. The number of aromatic nitrogens is 1.